The van der Waals surface area contributed by atoms with E-state index in [0.29, 0.717) is 6.61 Å². The Morgan fingerprint density at radius 3 is 2.88 bits per heavy atom. The molecule has 0 bridgehead atoms. The minimum Gasteiger partial charge on any atom is -0.466 e. The van der Waals surface area contributed by atoms with Gasteiger partial charge in [-0.25, -0.2) is 0 Å². The van der Waals surface area contributed by atoms with Crippen LogP contribution < -0.4 is 0 Å². The van der Waals surface area contributed by atoms with E-state index < -0.39 is 5.60 Å². The zero-order valence-corrected chi connectivity index (χ0v) is 10.5. The minimum absolute atomic E-state index is 0.00294. The van der Waals surface area contributed by atoms with E-state index in [1.807, 2.05) is 6.92 Å². The van der Waals surface area contributed by atoms with Gasteiger partial charge in [0.05, 0.1) is 18.9 Å². The highest BCUT2D eigenvalue weighted by atomic mass is 16.6. The summed E-state index contributed by atoms with van der Waals surface area (Å²) in [5, 5.41) is 0. The molecular weight excluding hydrogens is 220 g/mol. The van der Waals surface area contributed by atoms with Gasteiger partial charge in [-0.2, -0.15) is 0 Å². The Morgan fingerprint density at radius 2 is 2.18 bits per heavy atom. The van der Waals surface area contributed by atoms with Gasteiger partial charge < -0.3 is 9.47 Å². The molecular formula is C13H20O4. The molecule has 1 saturated heterocycles. The summed E-state index contributed by atoms with van der Waals surface area (Å²) in [6.45, 7) is 4.03. The van der Waals surface area contributed by atoms with Crippen molar-refractivity contribution in [1.82, 2.24) is 0 Å². The van der Waals surface area contributed by atoms with E-state index in [1.54, 1.807) is 6.92 Å². The van der Waals surface area contributed by atoms with E-state index in [9.17, 15) is 9.59 Å². The van der Waals surface area contributed by atoms with Crippen molar-refractivity contribution in [2.24, 2.45) is 11.8 Å². The topological polar surface area (TPSA) is 52.6 Å². The summed E-state index contributed by atoms with van der Waals surface area (Å²) >= 11 is 0. The Balaban J connectivity index is 2.08. The highest BCUT2D eigenvalue weighted by molar-refractivity contribution is 5.78. The molecule has 1 aliphatic heterocycles. The first-order chi connectivity index (χ1) is 8.07. The molecule has 0 radical (unpaired) electrons. The predicted octanol–water partition coefficient (Wildman–Crippen LogP) is 2.06. The number of rotatable bonds is 3. The minimum atomic E-state index is -0.644. The molecule has 4 nitrogen and oxygen atoms in total. The van der Waals surface area contributed by atoms with Crippen molar-refractivity contribution in [3.8, 4) is 0 Å². The van der Waals surface area contributed by atoms with E-state index >= 15 is 0 Å². The Kier molecular flexibility index (Phi) is 3.40. The van der Waals surface area contributed by atoms with Crippen LogP contribution in [0.2, 0.25) is 0 Å². The molecule has 0 spiro atoms. The van der Waals surface area contributed by atoms with Crippen LogP contribution in [0.5, 0.6) is 0 Å². The van der Waals surface area contributed by atoms with E-state index in [2.05, 4.69) is 0 Å². The summed E-state index contributed by atoms with van der Waals surface area (Å²) in [6, 6.07) is 0. The molecule has 0 amide bonds. The molecule has 0 aromatic rings. The molecule has 1 saturated carbocycles. The molecule has 0 unspecified atom stereocenters. The summed E-state index contributed by atoms with van der Waals surface area (Å²) in [7, 11) is 0. The van der Waals surface area contributed by atoms with E-state index in [-0.39, 0.29) is 30.2 Å². The third kappa shape index (κ3) is 2.31. The molecule has 1 heterocycles. The Hall–Kier alpha value is -1.06. The summed E-state index contributed by atoms with van der Waals surface area (Å²) in [5.41, 5.74) is -0.644. The van der Waals surface area contributed by atoms with Crippen LogP contribution >= 0.6 is 0 Å². The van der Waals surface area contributed by atoms with Gasteiger partial charge in [0.15, 0.2) is 0 Å². The second kappa shape index (κ2) is 4.67. The zero-order valence-electron chi connectivity index (χ0n) is 10.5. The molecule has 2 rings (SSSR count). The molecule has 0 N–H and O–H groups in total. The number of ether oxygens (including phenoxy) is 2. The van der Waals surface area contributed by atoms with Crippen LogP contribution in [0.25, 0.3) is 0 Å². The number of carbonyl (C=O) groups excluding carboxylic acids is 2. The van der Waals surface area contributed by atoms with Crippen LogP contribution in [-0.2, 0) is 19.1 Å². The first-order valence-corrected chi connectivity index (χ1v) is 6.45. The highest BCUT2D eigenvalue weighted by Gasteiger charge is 2.54. The molecule has 0 aromatic carbocycles. The lowest BCUT2D eigenvalue weighted by Crippen LogP contribution is -2.37. The summed E-state index contributed by atoms with van der Waals surface area (Å²) in [5.74, 6) is -0.202. The molecule has 17 heavy (non-hydrogen) atoms. The second-order valence-corrected chi connectivity index (χ2v) is 5.21. The van der Waals surface area contributed by atoms with Crippen molar-refractivity contribution < 1.29 is 19.1 Å². The van der Waals surface area contributed by atoms with E-state index in [0.717, 1.165) is 25.7 Å². The van der Waals surface area contributed by atoms with Gasteiger partial charge in [-0.3, -0.25) is 9.59 Å². The van der Waals surface area contributed by atoms with Crippen molar-refractivity contribution >= 4 is 11.9 Å². The molecule has 0 aromatic heterocycles. The van der Waals surface area contributed by atoms with Crippen LogP contribution in [0.15, 0.2) is 0 Å². The lowest BCUT2D eigenvalue weighted by molar-refractivity contribution is -0.157. The Labute approximate surface area is 102 Å². The van der Waals surface area contributed by atoms with Gasteiger partial charge >= 0.3 is 11.9 Å². The summed E-state index contributed by atoms with van der Waals surface area (Å²) < 4.78 is 10.4. The maximum Gasteiger partial charge on any atom is 0.309 e. The van der Waals surface area contributed by atoms with Gasteiger partial charge in [0.25, 0.3) is 0 Å². The van der Waals surface area contributed by atoms with Gasteiger partial charge in [-0.05, 0) is 26.7 Å². The highest BCUT2D eigenvalue weighted by Crippen LogP contribution is 2.47. The molecule has 1 aliphatic carbocycles. The maximum absolute atomic E-state index is 11.8. The molecule has 2 aliphatic rings. The molecule has 4 heteroatoms. The van der Waals surface area contributed by atoms with Crippen LogP contribution in [0.1, 0.15) is 46.0 Å². The van der Waals surface area contributed by atoms with Crippen LogP contribution in [0.4, 0.5) is 0 Å². The largest absolute Gasteiger partial charge is 0.466 e. The summed E-state index contributed by atoms with van der Waals surface area (Å²) in [4.78, 5) is 23.4. The van der Waals surface area contributed by atoms with Crippen molar-refractivity contribution in [2.75, 3.05) is 6.61 Å². The Bertz CT molecular complexity index is 325. The number of cyclic esters (lactones) is 1. The van der Waals surface area contributed by atoms with E-state index in [1.165, 1.54) is 0 Å². The smallest absolute Gasteiger partial charge is 0.309 e. The average Bonchev–Trinajstić information content (AvgIpc) is 2.52. The van der Waals surface area contributed by atoms with Gasteiger partial charge in [0.2, 0.25) is 0 Å². The maximum atomic E-state index is 11.8. The van der Waals surface area contributed by atoms with Crippen molar-refractivity contribution in [1.29, 1.82) is 0 Å². The molecule has 2 fully saturated rings. The fourth-order valence-corrected chi connectivity index (χ4v) is 3.19. The first kappa shape index (κ1) is 12.4. The number of hydrogen-bond acceptors (Lipinski definition) is 4. The first-order valence-electron chi connectivity index (χ1n) is 6.45. The lowest BCUT2D eigenvalue weighted by Gasteiger charge is -2.32. The van der Waals surface area contributed by atoms with Crippen LogP contribution in [0.3, 0.4) is 0 Å². The van der Waals surface area contributed by atoms with Gasteiger partial charge in [0, 0.05) is 5.92 Å². The third-order valence-electron chi connectivity index (χ3n) is 3.99. The number of hydrogen-bond donors (Lipinski definition) is 0. The lowest BCUT2D eigenvalue weighted by atomic mass is 9.72. The fraction of sp³-hybridized carbons (Fsp3) is 0.846. The van der Waals surface area contributed by atoms with Crippen molar-refractivity contribution in [2.45, 2.75) is 51.6 Å². The predicted molar refractivity (Wildman–Crippen MR) is 61.2 cm³/mol. The third-order valence-corrected chi connectivity index (χ3v) is 3.99. The molecule has 96 valence electrons. The average molecular weight is 240 g/mol. The van der Waals surface area contributed by atoms with E-state index in [4.69, 9.17) is 9.47 Å². The van der Waals surface area contributed by atoms with Crippen LogP contribution in [0, 0.1) is 11.8 Å². The van der Waals surface area contributed by atoms with Gasteiger partial charge in [-0.15, -0.1) is 0 Å². The molecule has 3 atom stereocenters. The fourth-order valence-electron chi connectivity index (χ4n) is 3.19. The SMILES string of the molecule is CCOC(=O)C[C@]1(C)OC(=O)[C@@H]2CCCC[C@@H]21. The van der Waals surface area contributed by atoms with Gasteiger partial charge in [-0.1, -0.05) is 12.8 Å². The van der Waals surface area contributed by atoms with Crippen molar-refractivity contribution in [3.05, 3.63) is 0 Å². The monoisotopic (exact) mass is 240 g/mol. The van der Waals surface area contributed by atoms with Gasteiger partial charge in [0.1, 0.15) is 5.60 Å². The second-order valence-electron chi connectivity index (χ2n) is 5.21. The Morgan fingerprint density at radius 1 is 1.47 bits per heavy atom. The van der Waals surface area contributed by atoms with Crippen LogP contribution in [-0.4, -0.2) is 24.1 Å². The zero-order chi connectivity index (χ0) is 12.5. The quantitative estimate of drug-likeness (QED) is 0.708. The summed E-state index contributed by atoms with van der Waals surface area (Å²) in [6.07, 6.45) is 4.28. The normalized spacial score (nSPS) is 36.2. The number of fused-ring (bicyclic) bond motifs is 1. The number of carbonyl (C=O) groups is 2. The standard InChI is InChI=1S/C13H20O4/c1-3-16-11(14)8-13(2)10-7-5-4-6-9(10)12(15)17-13/h9-10H,3-8H2,1-2H3/t9-,10+,13+/m1/s1. The van der Waals surface area contributed by atoms with Crippen molar-refractivity contribution in [3.63, 3.8) is 0 Å². The number of esters is 2.